The van der Waals surface area contributed by atoms with Gasteiger partial charge in [-0.3, -0.25) is 4.79 Å². The summed E-state index contributed by atoms with van der Waals surface area (Å²) in [6.45, 7) is 4.00. The molecule has 7 nitrogen and oxygen atoms in total. The van der Waals surface area contributed by atoms with Crippen molar-refractivity contribution in [1.82, 2.24) is 10.3 Å². The maximum atomic E-state index is 12.7. The maximum absolute atomic E-state index is 12.7. The molecule has 3 atom stereocenters. The van der Waals surface area contributed by atoms with E-state index in [4.69, 9.17) is 10.5 Å². The highest BCUT2D eigenvalue weighted by Crippen LogP contribution is 2.20. The molecule has 32 heavy (non-hydrogen) atoms. The number of para-hydroxylation sites is 1. The average Bonchev–Trinajstić information content (AvgIpc) is 3.19. The number of aliphatic hydroxyl groups excluding tert-OH is 1. The Bertz CT molecular complexity index is 1030. The number of rotatable bonds is 10. The van der Waals surface area contributed by atoms with Gasteiger partial charge in [0.15, 0.2) is 6.10 Å². The number of carbonyl (C=O) groups is 2. The van der Waals surface area contributed by atoms with Crippen molar-refractivity contribution in [1.29, 1.82) is 0 Å². The van der Waals surface area contributed by atoms with Crippen LogP contribution in [0.1, 0.15) is 31.4 Å². The number of esters is 1. The second-order valence-electron chi connectivity index (χ2n) is 8.45. The summed E-state index contributed by atoms with van der Waals surface area (Å²) in [7, 11) is 0. The van der Waals surface area contributed by atoms with Gasteiger partial charge in [0.25, 0.3) is 0 Å². The van der Waals surface area contributed by atoms with Crippen LogP contribution < -0.4 is 11.1 Å². The van der Waals surface area contributed by atoms with Gasteiger partial charge >= 0.3 is 5.97 Å². The Morgan fingerprint density at radius 1 is 1.09 bits per heavy atom. The maximum Gasteiger partial charge on any atom is 0.337 e. The van der Waals surface area contributed by atoms with Crippen LogP contribution in [0, 0.1) is 5.92 Å². The predicted octanol–water partition coefficient (Wildman–Crippen LogP) is 2.67. The number of aliphatic hydroxyl groups is 1. The zero-order valence-corrected chi connectivity index (χ0v) is 18.5. The summed E-state index contributed by atoms with van der Waals surface area (Å²) in [5.41, 5.74) is 8.64. The van der Waals surface area contributed by atoms with E-state index < -0.39 is 30.1 Å². The van der Waals surface area contributed by atoms with E-state index in [9.17, 15) is 14.7 Å². The van der Waals surface area contributed by atoms with E-state index in [-0.39, 0.29) is 18.9 Å². The summed E-state index contributed by atoms with van der Waals surface area (Å²) < 4.78 is 5.30. The first-order valence-electron chi connectivity index (χ1n) is 10.8. The molecule has 0 spiro atoms. The molecular formula is C25H31N3O4. The summed E-state index contributed by atoms with van der Waals surface area (Å²) in [4.78, 5) is 28.5. The molecule has 0 bridgehead atoms. The van der Waals surface area contributed by atoms with Gasteiger partial charge in [0.05, 0.1) is 12.1 Å². The van der Waals surface area contributed by atoms with E-state index in [1.807, 2.05) is 74.6 Å². The van der Waals surface area contributed by atoms with Crippen LogP contribution in [-0.2, 0) is 27.4 Å². The van der Waals surface area contributed by atoms with Crippen LogP contribution in [-0.4, -0.2) is 40.2 Å². The Kier molecular flexibility index (Phi) is 8.03. The number of nitrogens with one attached hydrogen (secondary N) is 2. The average molecular weight is 438 g/mol. The van der Waals surface area contributed by atoms with Gasteiger partial charge in [-0.15, -0.1) is 0 Å². The zero-order valence-electron chi connectivity index (χ0n) is 18.5. The van der Waals surface area contributed by atoms with Crippen molar-refractivity contribution in [3.8, 4) is 0 Å². The van der Waals surface area contributed by atoms with Crippen LogP contribution in [0.2, 0.25) is 0 Å². The highest BCUT2D eigenvalue weighted by molar-refractivity contribution is 5.85. The Balaban J connectivity index is 1.75. The number of aromatic nitrogens is 1. The fourth-order valence-corrected chi connectivity index (χ4v) is 3.66. The van der Waals surface area contributed by atoms with Crippen LogP contribution in [0.3, 0.4) is 0 Å². The van der Waals surface area contributed by atoms with E-state index in [0.29, 0.717) is 6.42 Å². The molecular weight excluding hydrogens is 406 g/mol. The smallest absolute Gasteiger partial charge is 0.337 e. The topological polar surface area (TPSA) is 117 Å². The molecule has 0 aliphatic carbocycles. The number of fused-ring (bicyclic) bond motifs is 1. The second-order valence-corrected chi connectivity index (χ2v) is 8.45. The first-order chi connectivity index (χ1) is 15.3. The van der Waals surface area contributed by atoms with Gasteiger partial charge in [-0.1, -0.05) is 62.4 Å². The monoisotopic (exact) mass is 437 g/mol. The molecule has 0 radical (unpaired) electrons. The van der Waals surface area contributed by atoms with E-state index in [1.54, 1.807) is 0 Å². The second kappa shape index (κ2) is 10.9. The zero-order chi connectivity index (χ0) is 23.1. The van der Waals surface area contributed by atoms with Crippen molar-refractivity contribution in [2.45, 2.75) is 51.5 Å². The molecule has 0 aliphatic heterocycles. The summed E-state index contributed by atoms with van der Waals surface area (Å²) in [6.07, 6.45) is 1.02. The number of ether oxygens (including phenoxy) is 1. The van der Waals surface area contributed by atoms with E-state index >= 15 is 0 Å². The fraction of sp³-hybridized carbons (Fsp3) is 0.360. The Morgan fingerprint density at radius 3 is 2.50 bits per heavy atom. The normalized spacial score (nSPS) is 14.2. The van der Waals surface area contributed by atoms with Crippen molar-refractivity contribution >= 4 is 22.8 Å². The molecule has 0 fully saturated rings. The van der Waals surface area contributed by atoms with Crippen LogP contribution in [0.5, 0.6) is 0 Å². The largest absolute Gasteiger partial charge is 0.459 e. The lowest BCUT2D eigenvalue weighted by molar-refractivity contribution is -0.156. The molecule has 1 amide bonds. The standard InChI is InChI=1S/C25H31N3O4/c1-16(2)12-20(26)24(30)28-22(13-18-14-27-21-11-7-6-10-19(18)21)23(29)25(31)32-15-17-8-4-3-5-9-17/h3-11,14,16,20,22-23,27,29H,12-13,15,26H2,1-2H3,(H,28,30)/t20-,22-,23?/m0/s1. The van der Waals surface area contributed by atoms with Crippen molar-refractivity contribution in [2.75, 3.05) is 0 Å². The first kappa shape index (κ1) is 23.5. The van der Waals surface area contributed by atoms with E-state index in [2.05, 4.69) is 10.3 Å². The van der Waals surface area contributed by atoms with Gasteiger partial charge < -0.3 is 25.9 Å². The van der Waals surface area contributed by atoms with Crippen molar-refractivity contribution in [3.05, 3.63) is 71.9 Å². The third-order valence-electron chi connectivity index (χ3n) is 5.35. The van der Waals surface area contributed by atoms with E-state index in [0.717, 1.165) is 22.0 Å². The molecule has 2 aromatic carbocycles. The highest BCUT2D eigenvalue weighted by atomic mass is 16.5. The molecule has 3 rings (SSSR count). The number of aromatic amines is 1. The van der Waals surface area contributed by atoms with Gasteiger partial charge in [0.1, 0.15) is 6.61 Å². The summed E-state index contributed by atoms with van der Waals surface area (Å²) in [5, 5.41) is 14.5. The van der Waals surface area contributed by atoms with Crippen LogP contribution >= 0.6 is 0 Å². The summed E-state index contributed by atoms with van der Waals surface area (Å²) in [6, 6.07) is 15.3. The van der Waals surface area contributed by atoms with Gasteiger partial charge in [-0.2, -0.15) is 0 Å². The number of carbonyl (C=O) groups excluding carboxylic acids is 2. The lowest BCUT2D eigenvalue weighted by Crippen LogP contribution is -2.53. The number of amides is 1. The third kappa shape index (κ3) is 6.18. The van der Waals surface area contributed by atoms with Gasteiger partial charge in [0, 0.05) is 17.1 Å². The molecule has 0 saturated heterocycles. The SMILES string of the molecule is CC(C)C[C@H](N)C(=O)N[C@@H](Cc1c[nH]c2ccccc12)C(O)C(=O)OCc1ccccc1. The number of nitrogens with two attached hydrogens (primary N) is 1. The first-order valence-corrected chi connectivity index (χ1v) is 10.8. The minimum absolute atomic E-state index is 0.0390. The number of H-pyrrole nitrogens is 1. The van der Waals surface area contributed by atoms with Crippen LogP contribution in [0.25, 0.3) is 10.9 Å². The molecule has 0 aliphatic rings. The van der Waals surface area contributed by atoms with Crippen molar-refractivity contribution < 1.29 is 19.4 Å². The molecule has 1 heterocycles. The van der Waals surface area contributed by atoms with Gasteiger partial charge in [-0.05, 0) is 36.0 Å². The number of hydrogen-bond acceptors (Lipinski definition) is 5. The molecule has 0 saturated carbocycles. The van der Waals surface area contributed by atoms with Crippen molar-refractivity contribution in [3.63, 3.8) is 0 Å². The molecule has 5 N–H and O–H groups in total. The molecule has 7 heteroatoms. The molecule has 3 aromatic rings. The summed E-state index contributed by atoms with van der Waals surface area (Å²) in [5.74, 6) is -0.960. The van der Waals surface area contributed by atoms with Gasteiger partial charge in [0.2, 0.25) is 5.91 Å². The van der Waals surface area contributed by atoms with Crippen LogP contribution in [0.4, 0.5) is 0 Å². The minimum atomic E-state index is -1.54. The fourth-order valence-electron chi connectivity index (χ4n) is 3.66. The molecule has 170 valence electrons. The van der Waals surface area contributed by atoms with Gasteiger partial charge in [-0.25, -0.2) is 4.79 Å². The third-order valence-corrected chi connectivity index (χ3v) is 5.35. The number of benzene rings is 2. The highest BCUT2D eigenvalue weighted by Gasteiger charge is 2.31. The Morgan fingerprint density at radius 2 is 1.78 bits per heavy atom. The quantitative estimate of drug-likeness (QED) is 0.364. The molecule has 1 unspecified atom stereocenters. The van der Waals surface area contributed by atoms with Crippen molar-refractivity contribution in [2.24, 2.45) is 11.7 Å². The lowest BCUT2D eigenvalue weighted by Gasteiger charge is -2.25. The number of hydrogen-bond donors (Lipinski definition) is 4. The molecule has 1 aromatic heterocycles. The Labute approximate surface area is 188 Å². The van der Waals surface area contributed by atoms with E-state index in [1.165, 1.54) is 0 Å². The van der Waals surface area contributed by atoms with Crippen LogP contribution in [0.15, 0.2) is 60.8 Å². The summed E-state index contributed by atoms with van der Waals surface area (Å²) >= 11 is 0. The Hall–Kier alpha value is -3.16. The predicted molar refractivity (Wildman–Crippen MR) is 124 cm³/mol. The lowest BCUT2D eigenvalue weighted by atomic mass is 9.99. The minimum Gasteiger partial charge on any atom is -0.459 e.